The van der Waals surface area contributed by atoms with Crippen molar-refractivity contribution in [1.29, 1.82) is 0 Å². The van der Waals surface area contributed by atoms with Gasteiger partial charge in [0, 0.05) is 33.8 Å². The molecule has 0 spiro atoms. The van der Waals surface area contributed by atoms with Gasteiger partial charge >= 0.3 is 0 Å². The van der Waals surface area contributed by atoms with E-state index >= 15 is 0 Å². The Labute approximate surface area is 120 Å². The SMILES string of the molecule is Cc1cc2sccc2c(-c2ccc3c(cnn3C)c2)n1. The number of aryl methyl sites for hydroxylation is 2. The lowest BCUT2D eigenvalue weighted by molar-refractivity contribution is 0.797. The van der Waals surface area contributed by atoms with Gasteiger partial charge in [0.15, 0.2) is 0 Å². The molecule has 0 aliphatic carbocycles. The third-order valence-corrected chi connectivity index (χ3v) is 4.46. The Morgan fingerprint density at radius 2 is 2.05 bits per heavy atom. The Morgan fingerprint density at radius 3 is 2.95 bits per heavy atom. The fourth-order valence-corrected chi connectivity index (χ4v) is 3.50. The Morgan fingerprint density at radius 1 is 1.15 bits per heavy atom. The molecule has 0 aliphatic rings. The fourth-order valence-electron chi connectivity index (χ4n) is 2.62. The summed E-state index contributed by atoms with van der Waals surface area (Å²) in [5.41, 5.74) is 4.41. The molecule has 0 N–H and O–H groups in total. The molecule has 0 fully saturated rings. The number of thiophene rings is 1. The molecule has 0 saturated heterocycles. The second-order valence-corrected chi connectivity index (χ2v) is 5.93. The highest BCUT2D eigenvalue weighted by Gasteiger charge is 2.09. The minimum Gasteiger partial charge on any atom is -0.268 e. The number of fused-ring (bicyclic) bond motifs is 2. The number of benzene rings is 1. The molecule has 0 saturated carbocycles. The number of pyridine rings is 1. The number of hydrogen-bond donors (Lipinski definition) is 0. The lowest BCUT2D eigenvalue weighted by Crippen LogP contribution is -1.90. The van der Waals surface area contributed by atoms with Crippen LogP contribution in [0.1, 0.15) is 5.69 Å². The van der Waals surface area contributed by atoms with Gasteiger partial charge in [-0.2, -0.15) is 5.10 Å². The molecule has 20 heavy (non-hydrogen) atoms. The molecule has 98 valence electrons. The van der Waals surface area contributed by atoms with Gasteiger partial charge in [-0.1, -0.05) is 6.07 Å². The largest absolute Gasteiger partial charge is 0.268 e. The van der Waals surface area contributed by atoms with E-state index in [1.54, 1.807) is 11.3 Å². The van der Waals surface area contributed by atoms with Gasteiger partial charge in [0.25, 0.3) is 0 Å². The first-order valence-corrected chi connectivity index (χ1v) is 7.37. The maximum Gasteiger partial charge on any atom is 0.0792 e. The van der Waals surface area contributed by atoms with Gasteiger partial charge in [-0.05, 0) is 36.6 Å². The van der Waals surface area contributed by atoms with Crippen LogP contribution in [-0.2, 0) is 7.05 Å². The molecule has 0 atom stereocenters. The van der Waals surface area contributed by atoms with E-state index in [4.69, 9.17) is 4.98 Å². The minimum absolute atomic E-state index is 1.06. The molecule has 0 bridgehead atoms. The van der Waals surface area contributed by atoms with Crippen molar-refractivity contribution in [3.8, 4) is 11.3 Å². The second kappa shape index (κ2) is 4.15. The molecular weight excluding hydrogens is 266 g/mol. The maximum atomic E-state index is 4.74. The number of hydrogen-bond acceptors (Lipinski definition) is 3. The first-order chi connectivity index (χ1) is 9.72. The Hall–Kier alpha value is -2.20. The molecule has 1 aromatic carbocycles. The van der Waals surface area contributed by atoms with Crippen LogP contribution in [-0.4, -0.2) is 14.8 Å². The van der Waals surface area contributed by atoms with Crippen LogP contribution in [0.3, 0.4) is 0 Å². The minimum atomic E-state index is 1.06. The van der Waals surface area contributed by atoms with E-state index in [-0.39, 0.29) is 0 Å². The third kappa shape index (κ3) is 1.65. The van der Waals surface area contributed by atoms with E-state index in [0.29, 0.717) is 0 Å². The van der Waals surface area contributed by atoms with E-state index in [1.807, 2.05) is 24.9 Å². The molecule has 4 rings (SSSR count). The Kier molecular flexibility index (Phi) is 2.41. The summed E-state index contributed by atoms with van der Waals surface area (Å²) in [6.07, 6.45) is 1.90. The summed E-state index contributed by atoms with van der Waals surface area (Å²) in [7, 11) is 1.96. The van der Waals surface area contributed by atoms with E-state index in [1.165, 1.54) is 10.1 Å². The Bertz CT molecular complexity index is 933. The highest BCUT2D eigenvalue weighted by molar-refractivity contribution is 7.17. The molecule has 3 nitrogen and oxygen atoms in total. The molecule has 0 aliphatic heterocycles. The standard InChI is InChI=1S/C16H13N3S/c1-10-7-15-13(5-6-20-15)16(18-10)11-3-4-14-12(8-11)9-17-19(14)2/h3-9H,1-2H3. The fraction of sp³-hybridized carbons (Fsp3) is 0.125. The third-order valence-electron chi connectivity index (χ3n) is 3.60. The zero-order valence-electron chi connectivity index (χ0n) is 11.3. The van der Waals surface area contributed by atoms with Gasteiger partial charge in [-0.15, -0.1) is 11.3 Å². The van der Waals surface area contributed by atoms with Crippen LogP contribution in [0.4, 0.5) is 0 Å². The van der Waals surface area contributed by atoms with Crippen molar-refractivity contribution < 1.29 is 0 Å². The lowest BCUT2D eigenvalue weighted by Gasteiger charge is -2.05. The van der Waals surface area contributed by atoms with Crippen LogP contribution in [0, 0.1) is 6.92 Å². The summed E-state index contributed by atoms with van der Waals surface area (Å²) < 4.78 is 3.18. The van der Waals surface area contributed by atoms with Gasteiger partial charge in [-0.3, -0.25) is 9.67 Å². The van der Waals surface area contributed by atoms with E-state index in [2.05, 4.69) is 40.8 Å². The van der Waals surface area contributed by atoms with Crippen LogP contribution >= 0.6 is 11.3 Å². The van der Waals surface area contributed by atoms with E-state index < -0.39 is 0 Å². The zero-order valence-corrected chi connectivity index (χ0v) is 12.1. The first-order valence-electron chi connectivity index (χ1n) is 6.49. The average Bonchev–Trinajstić information content (AvgIpc) is 3.04. The number of rotatable bonds is 1. The van der Waals surface area contributed by atoms with Crippen molar-refractivity contribution >= 4 is 32.3 Å². The molecular formula is C16H13N3S. The first kappa shape index (κ1) is 11.6. The number of aromatic nitrogens is 3. The van der Waals surface area contributed by atoms with Crippen molar-refractivity contribution in [2.24, 2.45) is 7.05 Å². The quantitative estimate of drug-likeness (QED) is 0.524. The summed E-state index contributed by atoms with van der Waals surface area (Å²) in [5, 5.41) is 8.80. The van der Waals surface area contributed by atoms with Crippen molar-refractivity contribution in [3.05, 3.63) is 47.6 Å². The lowest BCUT2D eigenvalue weighted by atomic mass is 10.1. The normalized spacial score (nSPS) is 11.5. The summed E-state index contributed by atoms with van der Waals surface area (Å²) in [6.45, 7) is 2.05. The van der Waals surface area contributed by atoms with Crippen molar-refractivity contribution in [2.75, 3.05) is 0 Å². The summed E-state index contributed by atoms with van der Waals surface area (Å²) >= 11 is 1.76. The predicted octanol–water partition coefficient (Wildman–Crippen LogP) is 4.16. The highest BCUT2D eigenvalue weighted by Crippen LogP contribution is 2.32. The van der Waals surface area contributed by atoms with Gasteiger partial charge in [0.1, 0.15) is 0 Å². The van der Waals surface area contributed by atoms with Crippen molar-refractivity contribution in [3.63, 3.8) is 0 Å². The van der Waals surface area contributed by atoms with Crippen LogP contribution in [0.25, 0.3) is 32.2 Å². The second-order valence-electron chi connectivity index (χ2n) is 4.99. The van der Waals surface area contributed by atoms with Crippen molar-refractivity contribution in [1.82, 2.24) is 14.8 Å². The topological polar surface area (TPSA) is 30.7 Å². The van der Waals surface area contributed by atoms with Crippen molar-refractivity contribution in [2.45, 2.75) is 6.92 Å². The molecule has 0 unspecified atom stereocenters. The maximum absolute atomic E-state index is 4.74. The monoisotopic (exact) mass is 279 g/mol. The zero-order chi connectivity index (χ0) is 13.7. The highest BCUT2D eigenvalue weighted by atomic mass is 32.1. The summed E-state index contributed by atoms with van der Waals surface area (Å²) in [5.74, 6) is 0. The molecule has 4 heteroatoms. The van der Waals surface area contributed by atoms with Gasteiger partial charge in [0.2, 0.25) is 0 Å². The van der Waals surface area contributed by atoms with Crippen LogP contribution in [0.5, 0.6) is 0 Å². The number of nitrogens with zero attached hydrogens (tertiary/aromatic N) is 3. The molecule has 0 amide bonds. The Balaban J connectivity index is 2.02. The van der Waals surface area contributed by atoms with Gasteiger partial charge in [-0.25, -0.2) is 0 Å². The van der Waals surface area contributed by atoms with E-state index in [0.717, 1.165) is 27.9 Å². The van der Waals surface area contributed by atoms with Gasteiger partial charge in [0.05, 0.1) is 17.4 Å². The van der Waals surface area contributed by atoms with Crippen LogP contribution in [0.15, 0.2) is 41.9 Å². The average molecular weight is 279 g/mol. The molecule has 0 radical (unpaired) electrons. The van der Waals surface area contributed by atoms with Crippen LogP contribution in [0.2, 0.25) is 0 Å². The molecule has 4 aromatic rings. The summed E-state index contributed by atoms with van der Waals surface area (Å²) in [6, 6.07) is 10.7. The predicted molar refractivity (Wildman–Crippen MR) is 84.1 cm³/mol. The molecule has 3 aromatic heterocycles. The smallest absolute Gasteiger partial charge is 0.0792 e. The summed E-state index contributed by atoms with van der Waals surface area (Å²) in [4.78, 5) is 4.74. The molecule has 3 heterocycles. The van der Waals surface area contributed by atoms with Gasteiger partial charge < -0.3 is 0 Å². The van der Waals surface area contributed by atoms with E-state index in [9.17, 15) is 0 Å². The van der Waals surface area contributed by atoms with Crippen LogP contribution < -0.4 is 0 Å².